The summed E-state index contributed by atoms with van der Waals surface area (Å²) in [5, 5.41) is 8.64. The molecule has 2 rings (SSSR count). The number of nitrogens with zero attached hydrogens (tertiary/aromatic N) is 1. The number of ether oxygens (including phenoxy) is 1. The standard InChI is InChI=1S/C17H10NO3/c18-11-14(12-19)10-13-6-8-16(9-7-13)21-17(20)15-4-2-1-3-5-15/h1-10H/b14-10+. The van der Waals surface area contributed by atoms with Crippen LogP contribution in [0.5, 0.6) is 5.75 Å². The van der Waals surface area contributed by atoms with Gasteiger partial charge in [-0.25, -0.2) is 4.79 Å². The van der Waals surface area contributed by atoms with E-state index in [0.717, 1.165) is 0 Å². The number of hydrogen-bond donors (Lipinski definition) is 0. The van der Waals surface area contributed by atoms with Crippen LogP contribution in [0.15, 0.2) is 60.2 Å². The van der Waals surface area contributed by atoms with Crippen molar-refractivity contribution in [3.05, 3.63) is 71.3 Å². The molecule has 0 saturated carbocycles. The maximum absolute atomic E-state index is 11.8. The summed E-state index contributed by atoms with van der Waals surface area (Å²) in [7, 11) is 0. The molecule has 2 aromatic rings. The molecule has 4 heteroatoms. The van der Waals surface area contributed by atoms with Gasteiger partial charge in [0, 0.05) is 0 Å². The molecular weight excluding hydrogens is 266 g/mol. The average molecular weight is 276 g/mol. The van der Waals surface area contributed by atoms with E-state index < -0.39 is 5.97 Å². The monoisotopic (exact) mass is 276 g/mol. The lowest BCUT2D eigenvalue weighted by Crippen LogP contribution is -2.07. The Kier molecular flexibility index (Phi) is 4.62. The first-order valence-electron chi connectivity index (χ1n) is 6.10. The van der Waals surface area contributed by atoms with E-state index >= 15 is 0 Å². The third-order valence-corrected chi connectivity index (χ3v) is 2.64. The van der Waals surface area contributed by atoms with Gasteiger partial charge >= 0.3 is 5.97 Å². The summed E-state index contributed by atoms with van der Waals surface area (Å²) in [6.07, 6.45) is 2.93. The largest absolute Gasteiger partial charge is 0.423 e. The number of rotatable bonds is 4. The number of benzene rings is 2. The zero-order valence-electron chi connectivity index (χ0n) is 10.9. The molecule has 0 aromatic heterocycles. The fourth-order valence-corrected chi connectivity index (χ4v) is 1.62. The predicted molar refractivity (Wildman–Crippen MR) is 77.1 cm³/mol. The summed E-state index contributed by atoms with van der Waals surface area (Å²) in [4.78, 5) is 22.3. The van der Waals surface area contributed by atoms with Crippen LogP contribution in [0.25, 0.3) is 6.08 Å². The van der Waals surface area contributed by atoms with E-state index in [1.165, 1.54) is 12.4 Å². The van der Waals surface area contributed by atoms with Crippen molar-refractivity contribution in [1.29, 1.82) is 5.26 Å². The minimum absolute atomic E-state index is 0.0935. The second kappa shape index (κ2) is 6.83. The molecule has 0 aliphatic carbocycles. The molecule has 0 heterocycles. The lowest BCUT2D eigenvalue weighted by Gasteiger charge is -2.04. The number of nitriles is 1. The van der Waals surface area contributed by atoms with Crippen molar-refractivity contribution < 1.29 is 14.3 Å². The number of esters is 1. The van der Waals surface area contributed by atoms with Gasteiger partial charge in [0.1, 0.15) is 17.4 Å². The molecule has 0 saturated heterocycles. The Labute approximate surface area is 121 Å². The Hall–Kier alpha value is -3.19. The molecule has 4 nitrogen and oxygen atoms in total. The fourth-order valence-electron chi connectivity index (χ4n) is 1.62. The van der Waals surface area contributed by atoms with Crippen molar-refractivity contribution in [3.63, 3.8) is 0 Å². The molecule has 0 amide bonds. The lowest BCUT2D eigenvalue weighted by atomic mass is 10.1. The highest BCUT2D eigenvalue weighted by atomic mass is 16.5. The van der Waals surface area contributed by atoms with Crippen LogP contribution < -0.4 is 4.74 Å². The minimum Gasteiger partial charge on any atom is -0.423 e. The van der Waals surface area contributed by atoms with Gasteiger partial charge < -0.3 is 4.74 Å². The zero-order chi connectivity index (χ0) is 15.1. The summed E-state index contributed by atoms with van der Waals surface area (Å²) in [5.41, 5.74) is 1.02. The highest BCUT2D eigenvalue weighted by Gasteiger charge is 2.07. The third-order valence-electron chi connectivity index (χ3n) is 2.64. The van der Waals surface area contributed by atoms with Crippen molar-refractivity contribution in [2.75, 3.05) is 0 Å². The van der Waals surface area contributed by atoms with E-state index in [1.807, 2.05) is 6.07 Å². The third kappa shape index (κ3) is 3.88. The lowest BCUT2D eigenvalue weighted by molar-refractivity contribution is 0.0735. The molecule has 0 spiro atoms. The maximum atomic E-state index is 11.8. The second-order valence-corrected chi connectivity index (χ2v) is 4.10. The average Bonchev–Trinajstić information content (AvgIpc) is 2.55. The smallest absolute Gasteiger partial charge is 0.343 e. The highest BCUT2D eigenvalue weighted by Crippen LogP contribution is 2.15. The number of hydrogen-bond acceptors (Lipinski definition) is 4. The van der Waals surface area contributed by atoms with Crippen molar-refractivity contribution in [1.82, 2.24) is 0 Å². The van der Waals surface area contributed by atoms with E-state index in [0.29, 0.717) is 16.9 Å². The van der Waals surface area contributed by atoms with Gasteiger partial charge in [-0.05, 0) is 35.9 Å². The van der Waals surface area contributed by atoms with Crippen molar-refractivity contribution in [3.8, 4) is 11.8 Å². The van der Waals surface area contributed by atoms with Gasteiger partial charge in [-0.1, -0.05) is 30.3 Å². The van der Waals surface area contributed by atoms with E-state index in [4.69, 9.17) is 10.00 Å². The molecule has 1 radical (unpaired) electrons. The van der Waals surface area contributed by atoms with Gasteiger partial charge in [-0.2, -0.15) is 5.26 Å². The first-order chi connectivity index (χ1) is 10.2. The van der Waals surface area contributed by atoms with Crippen LogP contribution in [0.3, 0.4) is 0 Å². The van der Waals surface area contributed by atoms with E-state index in [9.17, 15) is 9.59 Å². The van der Waals surface area contributed by atoms with Gasteiger partial charge in [0.2, 0.25) is 6.29 Å². The van der Waals surface area contributed by atoms with Gasteiger partial charge in [-0.3, -0.25) is 4.79 Å². The van der Waals surface area contributed by atoms with E-state index in [2.05, 4.69) is 0 Å². The summed E-state index contributed by atoms with van der Waals surface area (Å²) >= 11 is 0. The van der Waals surface area contributed by atoms with Crippen LogP contribution in [0.1, 0.15) is 15.9 Å². The van der Waals surface area contributed by atoms with Crippen molar-refractivity contribution in [2.24, 2.45) is 0 Å². The van der Waals surface area contributed by atoms with Crippen molar-refractivity contribution in [2.45, 2.75) is 0 Å². The minimum atomic E-state index is -0.446. The SMILES string of the molecule is N#C/C([C]=O)=C\c1ccc(OC(=O)c2ccccc2)cc1. The number of allylic oxidation sites excluding steroid dienone is 1. The molecule has 0 fully saturated rings. The van der Waals surface area contributed by atoms with E-state index in [1.54, 1.807) is 54.6 Å². The van der Waals surface area contributed by atoms with Gasteiger partial charge in [0.25, 0.3) is 0 Å². The van der Waals surface area contributed by atoms with Gasteiger partial charge in [0.15, 0.2) is 0 Å². The topological polar surface area (TPSA) is 67.2 Å². The molecule has 0 unspecified atom stereocenters. The molecule has 0 atom stereocenters. The summed E-state index contributed by atoms with van der Waals surface area (Å²) in [5.74, 6) is -0.0626. The van der Waals surface area contributed by atoms with Crippen LogP contribution in [-0.2, 0) is 4.79 Å². The van der Waals surface area contributed by atoms with Crippen LogP contribution in [0, 0.1) is 11.3 Å². The van der Waals surface area contributed by atoms with Gasteiger partial charge in [0.05, 0.1) is 5.56 Å². The van der Waals surface area contributed by atoms with Crippen LogP contribution in [0.4, 0.5) is 0 Å². The normalized spacial score (nSPS) is 10.5. The first-order valence-corrected chi connectivity index (χ1v) is 6.10. The molecule has 0 N–H and O–H groups in total. The second-order valence-electron chi connectivity index (χ2n) is 4.10. The van der Waals surface area contributed by atoms with Crippen LogP contribution in [-0.4, -0.2) is 12.3 Å². The Bertz CT molecular complexity index is 710. The zero-order valence-corrected chi connectivity index (χ0v) is 10.9. The molecule has 0 aliphatic heterocycles. The van der Waals surface area contributed by atoms with Crippen LogP contribution >= 0.6 is 0 Å². The number of carbonyl (C=O) groups excluding carboxylic acids is 2. The molecule has 21 heavy (non-hydrogen) atoms. The Balaban J connectivity index is 2.10. The highest BCUT2D eigenvalue weighted by molar-refractivity contribution is 5.91. The Morgan fingerprint density at radius 1 is 1.05 bits per heavy atom. The molecular formula is C17H10NO3. The van der Waals surface area contributed by atoms with Gasteiger partial charge in [-0.15, -0.1) is 0 Å². The molecule has 0 aliphatic rings. The summed E-state index contributed by atoms with van der Waals surface area (Å²) in [6.45, 7) is 0. The quantitative estimate of drug-likeness (QED) is 0.372. The Morgan fingerprint density at radius 3 is 2.29 bits per heavy atom. The summed E-state index contributed by atoms with van der Waals surface area (Å²) in [6, 6.07) is 16.8. The van der Waals surface area contributed by atoms with E-state index in [-0.39, 0.29) is 5.57 Å². The van der Waals surface area contributed by atoms with Crippen LogP contribution in [0.2, 0.25) is 0 Å². The fraction of sp³-hybridized carbons (Fsp3) is 0. The molecule has 2 aromatic carbocycles. The molecule has 0 bridgehead atoms. The maximum Gasteiger partial charge on any atom is 0.343 e. The van der Waals surface area contributed by atoms with Crippen molar-refractivity contribution >= 4 is 18.3 Å². The number of carbonyl (C=O) groups is 1. The molecule has 101 valence electrons. The predicted octanol–water partition coefficient (Wildman–Crippen LogP) is 2.92. The summed E-state index contributed by atoms with van der Waals surface area (Å²) < 4.78 is 5.21. The first kappa shape index (κ1) is 14.2. The Morgan fingerprint density at radius 2 is 1.71 bits per heavy atom.